The molecular weight excluding hydrogens is 367 g/mol. The summed E-state index contributed by atoms with van der Waals surface area (Å²) < 4.78 is 38.1. The predicted octanol–water partition coefficient (Wildman–Crippen LogP) is 3.33. The van der Waals surface area contributed by atoms with E-state index >= 15 is 0 Å². The van der Waals surface area contributed by atoms with Gasteiger partial charge in [0.05, 0.1) is 17.9 Å². The van der Waals surface area contributed by atoms with Gasteiger partial charge in [0.15, 0.2) is 0 Å². The Morgan fingerprint density at radius 1 is 1.08 bits per heavy atom. The first kappa shape index (κ1) is 19.6. The van der Waals surface area contributed by atoms with Crippen LogP contribution in [0.4, 0.5) is 24.5 Å². The second-order valence-electron chi connectivity index (χ2n) is 5.23. The van der Waals surface area contributed by atoms with E-state index in [4.69, 9.17) is 5.73 Å². The van der Waals surface area contributed by atoms with Gasteiger partial charge in [-0.1, -0.05) is 18.2 Å². The number of carbonyl (C=O) groups is 2. The van der Waals surface area contributed by atoms with Crippen molar-refractivity contribution in [2.75, 3.05) is 22.9 Å². The number of thioether (sulfide) groups is 1. The van der Waals surface area contributed by atoms with Gasteiger partial charge in [-0.2, -0.15) is 13.2 Å². The molecule has 2 aromatic rings. The average Bonchev–Trinajstić information content (AvgIpc) is 2.58. The van der Waals surface area contributed by atoms with Crippen LogP contribution in [-0.2, 0) is 15.8 Å². The zero-order valence-electron chi connectivity index (χ0n) is 13.5. The minimum Gasteiger partial charge on any atom is -0.375 e. The number of amides is 2. The van der Waals surface area contributed by atoms with Crippen molar-refractivity contribution in [3.05, 3.63) is 54.1 Å². The largest absolute Gasteiger partial charge is 0.416 e. The predicted molar refractivity (Wildman–Crippen MR) is 94.9 cm³/mol. The number of para-hydroxylation sites is 1. The highest BCUT2D eigenvalue weighted by Crippen LogP contribution is 2.30. The number of alkyl halides is 3. The first-order valence-electron chi connectivity index (χ1n) is 7.47. The van der Waals surface area contributed by atoms with Crippen LogP contribution in [0.15, 0.2) is 53.4 Å². The lowest BCUT2D eigenvalue weighted by molar-refractivity contribution is -0.137. The molecule has 4 N–H and O–H groups in total. The molecule has 0 aliphatic rings. The number of carbonyl (C=O) groups excluding carboxylic acids is 2. The first-order chi connectivity index (χ1) is 12.3. The number of anilines is 2. The van der Waals surface area contributed by atoms with Gasteiger partial charge in [0, 0.05) is 16.3 Å². The molecule has 0 aliphatic carbocycles. The number of nitrogens with one attached hydrogen (secondary N) is 2. The van der Waals surface area contributed by atoms with Gasteiger partial charge in [-0.15, -0.1) is 11.8 Å². The normalized spacial score (nSPS) is 11.0. The lowest BCUT2D eigenvalue weighted by Gasteiger charge is -2.12. The third kappa shape index (κ3) is 5.99. The van der Waals surface area contributed by atoms with Crippen LogP contribution < -0.4 is 16.4 Å². The summed E-state index contributed by atoms with van der Waals surface area (Å²) in [5.74, 6) is -0.874. The maximum Gasteiger partial charge on any atom is 0.416 e. The summed E-state index contributed by atoms with van der Waals surface area (Å²) in [6.07, 6.45) is -4.48. The van der Waals surface area contributed by atoms with Crippen LogP contribution in [0.3, 0.4) is 0 Å². The zero-order valence-corrected chi connectivity index (χ0v) is 14.3. The number of hydrogen-bond donors (Lipinski definition) is 3. The topological polar surface area (TPSA) is 84.2 Å². The molecule has 0 fully saturated rings. The van der Waals surface area contributed by atoms with Crippen LogP contribution in [0.2, 0.25) is 0 Å². The Morgan fingerprint density at radius 3 is 2.50 bits per heavy atom. The average molecular weight is 383 g/mol. The van der Waals surface area contributed by atoms with Crippen LogP contribution in [0.1, 0.15) is 5.56 Å². The lowest BCUT2D eigenvalue weighted by atomic mass is 10.2. The molecule has 138 valence electrons. The zero-order chi connectivity index (χ0) is 19.2. The molecule has 5 nitrogen and oxygen atoms in total. The van der Waals surface area contributed by atoms with Crippen molar-refractivity contribution in [3.8, 4) is 0 Å². The highest BCUT2D eigenvalue weighted by atomic mass is 32.2. The number of benzene rings is 2. The second-order valence-corrected chi connectivity index (χ2v) is 6.25. The van der Waals surface area contributed by atoms with Gasteiger partial charge in [0.2, 0.25) is 11.8 Å². The van der Waals surface area contributed by atoms with E-state index in [9.17, 15) is 22.8 Å². The van der Waals surface area contributed by atoms with Gasteiger partial charge in [0.25, 0.3) is 0 Å². The van der Waals surface area contributed by atoms with Crippen LogP contribution in [0, 0.1) is 0 Å². The van der Waals surface area contributed by atoms with E-state index in [2.05, 4.69) is 10.6 Å². The number of nitrogens with two attached hydrogens (primary N) is 1. The summed E-state index contributed by atoms with van der Waals surface area (Å²) in [5.41, 5.74) is 4.96. The Balaban J connectivity index is 1.96. The molecule has 0 heterocycles. The van der Waals surface area contributed by atoms with Gasteiger partial charge in [-0.3, -0.25) is 9.59 Å². The van der Waals surface area contributed by atoms with Gasteiger partial charge in [-0.25, -0.2) is 0 Å². The van der Waals surface area contributed by atoms with Crippen molar-refractivity contribution < 1.29 is 22.8 Å². The number of halogens is 3. The molecule has 0 saturated heterocycles. The highest BCUT2D eigenvalue weighted by molar-refractivity contribution is 8.00. The number of primary amides is 1. The van der Waals surface area contributed by atoms with Crippen molar-refractivity contribution in [1.29, 1.82) is 0 Å². The summed E-state index contributed by atoms with van der Waals surface area (Å²) >= 11 is 1.22. The Hall–Kier alpha value is -2.68. The SMILES string of the molecule is NC(=O)CSc1ccccc1NCC(=O)Nc1cccc(C(F)(F)F)c1. The molecule has 0 radical (unpaired) electrons. The van der Waals surface area contributed by atoms with Gasteiger partial charge in [0.1, 0.15) is 0 Å². The second kappa shape index (κ2) is 8.61. The maximum absolute atomic E-state index is 12.7. The molecule has 2 rings (SSSR count). The number of hydrogen-bond acceptors (Lipinski definition) is 4. The summed E-state index contributed by atoms with van der Waals surface area (Å²) in [4.78, 5) is 23.6. The van der Waals surface area contributed by atoms with Crippen molar-refractivity contribution in [3.63, 3.8) is 0 Å². The summed E-state index contributed by atoms with van der Waals surface area (Å²) in [6, 6.07) is 11.4. The first-order valence-corrected chi connectivity index (χ1v) is 8.45. The molecule has 0 spiro atoms. The van der Waals surface area contributed by atoms with Crippen molar-refractivity contribution in [2.45, 2.75) is 11.1 Å². The van der Waals surface area contributed by atoms with E-state index in [1.54, 1.807) is 24.3 Å². The van der Waals surface area contributed by atoms with Crippen LogP contribution >= 0.6 is 11.8 Å². The standard InChI is InChI=1S/C17H16F3N3O2S/c18-17(19,20)11-4-3-5-12(8-11)23-16(25)9-22-13-6-1-2-7-14(13)26-10-15(21)24/h1-8,22H,9-10H2,(H2,21,24)(H,23,25). The third-order valence-corrected chi connectivity index (χ3v) is 4.27. The lowest BCUT2D eigenvalue weighted by Crippen LogP contribution is -2.22. The number of rotatable bonds is 7. The van der Waals surface area contributed by atoms with E-state index in [0.717, 1.165) is 17.0 Å². The summed E-state index contributed by atoms with van der Waals surface area (Å²) in [7, 11) is 0. The van der Waals surface area contributed by atoms with Crippen LogP contribution in [0.25, 0.3) is 0 Å². The van der Waals surface area contributed by atoms with Gasteiger partial charge < -0.3 is 16.4 Å². The molecule has 0 aliphatic heterocycles. The summed E-state index contributed by atoms with van der Waals surface area (Å²) in [6.45, 7) is -0.148. The highest BCUT2D eigenvalue weighted by Gasteiger charge is 2.30. The molecule has 0 bridgehead atoms. The van der Waals surface area contributed by atoms with Crippen molar-refractivity contribution in [1.82, 2.24) is 0 Å². The summed E-state index contributed by atoms with van der Waals surface area (Å²) in [5, 5.41) is 5.31. The fourth-order valence-electron chi connectivity index (χ4n) is 2.04. The van der Waals surface area contributed by atoms with Crippen LogP contribution in [0.5, 0.6) is 0 Å². The Kier molecular flexibility index (Phi) is 6.51. The van der Waals surface area contributed by atoms with E-state index in [0.29, 0.717) is 5.69 Å². The minimum absolute atomic E-state index is 0.0583. The molecule has 2 aromatic carbocycles. The molecule has 0 aromatic heterocycles. The quantitative estimate of drug-likeness (QED) is 0.641. The van der Waals surface area contributed by atoms with Crippen LogP contribution in [-0.4, -0.2) is 24.1 Å². The van der Waals surface area contributed by atoms with E-state index in [1.807, 2.05) is 0 Å². The molecule has 2 amide bonds. The molecular formula is C17H16F3N3O2S. The minimum atomic E-state index is -4.48. The fraction of sp³-hybridized carbons (Fsp3) is 0.176. The molecule has 26 heavy (non-hydrogen) atoms. The van der Waals surface area contributed by atoms with Crippen molar-refractivity contribution >= 4 is 35.0 Å². The smallest absolute Gasteiger partial charge is 0.375 e. The molecule has 0 atom stereocenters. The fourth-order valence-corrected chi connectivity index (χ4v) is 2.81. The van der Waals surface area contributed by atoms with E-state index in [1.165, 1.54) is 23.9 Å². The monoisotopic (exact) mass is 383 g/mol. The Morgan fingerprint density at radius 2 is 1.81 bits per heavy atom. The third-order valence-electron chi connectivity index (χ3n) is 3.17. The Labute approximate surface area is 152 Å². The van der Waals surface area contributed by atoms with E-state index < -0.39 is 23.6 Å². The Bertz CT molecular complexity index is 797. The molecule has 9 heteroatoms. The molecule has 0 unspecified atom stereocenters. The molecule has 0 saturated carbocycles. The van der Waals surface area contributed by atoms with Gasteiger partial charge >= 0.3 is 6.18 Å². The maximum atomic E-state index is 12.7. The van der Waals surface area contributed by atoms with E-state index in [-0.39, 0.29) is 18.0 Å². The van der Waals surface area contributed by atoms with Gasteiger partial charge in [-0.05, 0) is 30.3 Å². The van der Waals surface area contributed by atoms with Crippen molar-refractivity contribution in [2.24, 2.45) is 5.73 Å².